The van der Waals surface area contributed by atoms with Crippen molar-refractivity contribution in [3.8, 4) is 5.75 Å². The van der Waals surface area contributed by atoms with Crippen LogP contribution in [0.2, 0.25) is 0 Å². The largest absolute Gasteiger partial charge is 0.487 e. The van der Waals surface area contributed by atoms with Crippen molar-refractivity contribution >= 4 is 19.3 Å². The Morgan fingerprint density at radius 2 is 2.19 bits per heavy atom. The van der Waals surface area contributed by atoms with Crippen molar-refractivity contribution < 1.29 is 14.3 Å². The zero-order valence-electron chi connectivity index (χ0n) is 12.7. The van der Waals surface area contributed by atoms with Gasteiger partial charge in [0, 0.05) is 6.42 Å². The molecule has 1 aliphatic rings. The zero-order valence-corrected chi connectivity index (χ0v) is 12.7. The lowest BCUT2D eigenvalue weighted by Crippen LogP contribution is -2.19. The zero-order chi connectivity index (χ0) is 15.2. The molecule has 0 heterocycles. The number of allylic oxidation sites excluding steroid dienone is 1. The molecule has 1 aromatic carbocycles. The van der Waals surface area contributed by atoms with E-state index in [0.29, 0.717) is 17.8 Å². The first-order valence-corrected chi connectivity index (χ1v) is 7.39. The first-order chi connectivity index (χ1) is 10.1. The van der Waals surface area contributed by atoms with Gasteiger partial charge in [-0.05, 0) is 36.8 Å². The predicted molar refractivity (Wildman–Crippen MR) is 84.1 cm³/mol. The Balaban J connectivity index is 2.02. The van der Waals surface area contributed by atoms with Gasteiger partial charge in [0.1, 0.15) is 19.7 Å². The molecule has 0 N–H and O–H groups in total. The van der Waals surface area contributed by atoms with E-state index in [1.54, 1.807) is 0 Å². The van der Waals surface area contributed by atoms with E-state index in [1.807, 2.05) is 18.2 Å². The Labute approximate surface area is 127 Å². The lowest BCUT2D eigenvalue weighted by molar-refractivity contribution is -0.140. The molecule has 21 heavy (non-hydrogen) atoms. The quantitative estimate of drug-likeness (QED) is 0.457. The molecule has 0 fully saturated rings. The standard InChI is InChI=1S/C17H21BO3/c1-12-9-10-14(11-12)21-17-13(5-3-7-15(17)18)6-4-8-16(19)20-2/h3,5,7,9-10,12,14H,4,6,8,11H2,1-2H3/t12-,14+/m0/s1. The number of rotatable bonds is 6. The van der Waals surface area contributed by atoms with Crippen molar-refractivity contribution in [3.05, 3.63) is 35.9 Å². The van der Waals surface area contributed by atoms with E-state index >= 15 is 0 Å². The highest BCUT2D eigenvalue weighted by Gasteiger charge is 2.18. The van der Waals surface area contributed by atoms with Crippen LogP contribution in [0.4, 0.5) is 0 Å². The average molecular weight is 284 g/mol. The van der Waals surface area contributed by atoms with Gasteiger partial charge in [0.25, 0.3) is 0 Å². The van der Waals surface area contributed by atoms with E-state index in [1.165, 1.54) is 7.11 Å². The molecule has 110 valence electrons. The highest BCUT2D eigenvalue weighted by Crippen LogP contribution is 2.25. The topological polar surface area (TPSA) is 35.5 Å². The monoisotopic (exact) mass is 284 g/mol. The maximum atomic E-state index is 11.2. The highest BCUT2D eigenvalue weighted by atomic mass is 16.5. The molecule has 3 nitrogen and oxygen atoms in total. The molecule has 2 radical (unpaired) electrons. The number of ether oxygens (including phenoxy) is 2. The van der Waals surface area contributed by atoms with Crippen molar-refractivity contribution in [1.29, 1.82) is 0 Å². The second kappa shape index (κ2) is 7.35. The number of aryl methyl sites for hydroxylation is 1. The fourth-order valence-corrected chi connectivity index (χ4v) is 2.55. The van der Waals surface area contributed by atoms with E-state index in [0.717, 1.165) is 30.6 Å². The molecule has 0 spiro atoms. The molecule has 0 aliphatic heterocycles. The molecule has 0 amide bonds. The first kappa shape index (κ1) is 15.7. The number of esters is 1. The molecule has 1 aliphatic carbocycles. The number of methoxy groups -OCH3 is 1. The smallest absolute Gasteiger partial charge is 0.305 e. The molecule has 0 aromatic heterocycles. The van der Waals surface area contributed by atoms with Crippen LogP contribution in [0.3, 0.4) is 0 Å². The first-order valence-electron chi connectivity index (χ1n) is 7.39. The Kier molecular flexibility index (Phi) is 5.48. The summed E-state index contributed by atoms with van der Waals surface area (Å²) in [6.45, 7) is 2.17. The summed E-state index contributed by atoms with van der Waals surface area (Å²) >= 11 is 0. The maximum Gasteiger partial charge on any atom is 0.305 e. The van der Waals surface area contributed by atoms with Crippen molar-refractivity contribution in [2.24, 2.45) is 5.92 Å². The van der Waals surface area contributed by atoms with E-state index in [-0.39, 0.29) is 12.1 Å². The molecule has 0 saturated carbocycles. The summed E-state index contributed by atoms with van der Waals surface area (Å²) in [6, 6.07) is 5.77. The van der Waals surface area contributed by atoms with Crippen LogP contribution in [0, 0.1) is 5.92 Å². The van der Waals surface area contributed by atoms with Gasteiger partial charge in [-0.3, -0.25) is 4.79 Å². The number of para-hydroxylation sites is 1. The lowest BCUT2D eigenvalue weighted by Gasteiger charge is -2.19. The summed E-state index contributed by atoms with van der Waals surface area (Å²) in [5.41, 5.74) is 1.70. The minimum absolute atomic E-state index is 0.0871. The molecule has 2 atom stereocenters. The molecule has 2 rings (SSSR count). The summed E-state index contributed by atoms with van der Waals surface area (Å²) in [5, 5.41) is 0. The summed E-state index contributed by atoms with van der Waals surface area (Å²) in [5.74, 6) is 1.11. The normalized spacial score (nSPS) is 20.5. The summed E-state index contributed by atoms with van der Waals surface area (Å²) in [6.07, 6.45) is 7.21. The number of benzene rings is 1. The Bertz CT molecular complexity index is 525. The van der Waals surface area contributed by atoms with Gasteiger partial charge in [0.05, 0.1) is 7.11 Å². The van der Waals surface area contributed by atoms with Crippen LogP contribution in [0.5, 0.6) is 5.75 Å². The van der Waals surface area contributed by atoms with Crippen LogP contribution in [0.1, 0.15) is 31.7 Å². The summed E-state index contributed by atoms with van der Waals surface area (Å²) < 4.78 is 10.7. The van der Waals surface area contributed by atoms with Crippen LogP contribution in [-0.2, 0) is 16.0 Å². The van der Waals surface area contributed by atoms with Crippen LogP contribution in [0.15, 0.2) is 30.4 Å². The highest BCUT2D eigenvalue weighted by molar-refractivity contribution is 6.34. The fraction of sp³-hybridized carbons (Fsp3) is 0.471. The van der Waals surface area contributed by atoms with Gasteiger partial charge in [-0.1, -0.05) is 36.7 Å². The molecular weight excluding hydrogens is 263 g/mol. The molecule has 4 heteroatoms. The Morgan fingerprint density at radius 3 is 2.86 bits per heavy atom. The Morgan fingerprint density at radius 1 is 1.38 bits per heavy atom. The van der Waals surface area contributed by atoms with Crippen LogP contribution >= 0.6 is 0 Å². The molecule has 1 aromatic rings. The van der Waals surface area contributed by atoms with Crippen molar-refractivity contribution in [1.82, 2.24) is 0 Å². The van der Waals surface area contributed by atoms with Gasteiger partial charge in [-0.2, -0.15) is 0 Å². The van der Waals surface area contributed by atoms with Gasteiger partial charge in [0.15, 0.2) is 0 Å². The number of hydrogen-bond donors (Lipinski definition) is 0. The third-order valence-electron chi connectivity index (χ3n) is 3.71. The van der Waals surface area contributed by atoms with Gasteiger partial charge >= 0.3 is 5.97 Å². The fourth-order valence-electron chi connectivity index (χ4n) is 2.55. The minimum atomic E-state index is -0.186. The van der Waals surface area contributed by atoms with Crippen LogP contribution < -0.4 is 10.2 Å². The van der Waals surface area contributed by atoms with Crippen molar-refractivity contribution in [3.63, 3.8) is 0 Å². The molecular formula is C17H21BO3. The minimum Gasteiger partial charge on any atom is -0.487 e. The van der Waals surface area contributed by atoms with Crippen LogP contribution in [0.25, 0.3) is 0 Å². The molecule has 0 unspecified atom stereocenters. The van der Waals surface area contributed by atoms with Crippen molar-refractivity contribution in [2.75, 3.05) is 7.11 Å². The molecule has 0 saturated heterocycles. The second-order valence-electron chi connectivity index (χ2n) is 5.52. The summed E-state index contributed by atoms with van der Waals surface area (Å²) in [4.78, 5) is 11.2. The van der Waals surface area contributed by atoms with E-state index in [2.05, 4.69) is 23.8 Å². The van der Waals surface area contributed by atoms with Crippen LogP contribution in [-0.4, -0.2) is 27.0 Å². The molecule has 0 bridgehead atoms. The van der Waals surface area contributed by atoms with Gasteiger partial charge in [0.2, 0.25) is 0 Å². The van der Waals surface area contributed by atoms with E-state index in [4.69, 9.17) is 12.6 Å². The lowest BCUT2D eigenvalue weighted by atomic mass is 9.91. The van der Waals surface area contributed by atoms with E-state index in [9.17, 15) is 4.79 Å². The number of carbonyl (C=O) groups excluding carboxylic acids is 1. The number of hydrogen-bond acceptors (Lipinski definition) is 3. The van der Waals surface area contributed by atoms with Gasteiger partial charge in [-0.25, -0.2) is 0 Å². The third-order valence-corrected chi connectivity index (χ3v) is 3.71. The van der Waals surface area contributed by atoms with Gasteiger partial charge < -0.3 is 9.47 Å². The number of carbonyl (C=O) groups is 1. The van der Waals surface area contributed by atoms with E-state index < -0.39 is 0 Å². The summed E-state index contributed by atoms with van der Waals surface area (Å²) in [7, 11) is 7.46. The maximum absolute atomic E-state index is 11.2. The second-order valence-corrected chi connectivity index (χ2v) is 5.52. The average Bonchev–Trinajstić information content (AvgIpc) is 2.87. The Hall–Kier alpha value is -1.71. The van der Waals surface area contributed by atoms with Gasteiger partial charge in [-0.15, -0.1) is 0 Å². The third kappa shape index (κ3) is 4.38. The van der Waals surface area contributed by atoms with Crippen molar-refractivity contribution in [2.45, 2.75) is 38.7 Å². The SMILES string of the molecule is [B]c1cccc(CCCC(=O)OC)c1O[C@@H]1C=C[C@H](C)C1. The predicted octanol–water partition coefficient (Wildman–Crippen LogP) is 2.32.